The van der Waals surface area contributed by atoms with Crippen molar-refractivity contribution in [2.75, 3.05) is 19.8 Å². The van der Waals surface area contributed by atoms with Crippen LogP contribution in [0.4, 0.5) is 0 Å². The zero-order valence-corrected chi connectivity index (χ0v) is 12.5. The fraction of sp³-hybridized carbons (Fsp3) is 0.600. The summed E-state index contributed by atoms with van der Waals surface area (Å²) in [5.41, 5.74) is 2.40. The van der Waals surface area contributed by atoms with Crippen LogP contribution >= 0.6 is 0 Å². The normalized spacial score (nSPS) is 16.6. The molecule has 2 rings (SSSR count). The van der Waals surface area contributed by atoms with Gasteiger partial charge in [-0.1, -0.05) is 13.8 Å². The smallest absolute Gasteiger partial charge is 0.355 e. The van der Waals surface area contributed by atoms with Gasteiger partial charge < -0.3 is 14.5 Å². The van der Waals surface area contributed by atoms with Gasteiger partial charge in [-0.2, -0.15) is 0 Å². The number of H-pyrrole nitrogens is 1. The van der Waals surface area contributed by atoms with Crippen LogP contribution in [0, 0.1) is 12.3 Å². The highest BCUT2D eigenvalue weighted by Crippen LogP contribution is 2.27. The third-order valence-corrected chi connectivity index (χ3v) is 3.65. The number of ketones is 1. The molecule has 0 spiro atoms. The predicted octanol–water partition coefficient (Wildman–Crippen LogP) is 2.28. The monoisotopic (exact) mass is 279 g/mol. The quantitative estimate of drug-likeness (QED) is 0.663. The maximum Gasteiger partial charge on any atom is 0.355 e. The first-order chi connectivity index (χ1) is 9.38. The summed E-state index contributed by atoms with van der Waals surface area (Å²) in [7, 11) is 0. The molecule has 5 nitrogen and oxygen atoms in total. The summed E-state index contributed by atoms with van der Waals surface area (Å²) in [6.07, 6.45) is 0.615. The molecule has 0 aromatic carbocycles. The molecular formula is C15H21NO4. The first kappa shape index (κ1) is 14.8. The summed E-state index contributed by atoms with van der Waals surface area (Å²) >= 11 is 0. The van der Waals surface area contributed by atoms with E-state index in [4.69, 9.17) is 9.47 Å². The molecule has 5 heteroatoms. The summed E-state index contributed by atoms with van der Waals surface area (Å²) in [5, 5.41) is 0. The Balaban J connectivity index is 2.17. The Morgan fingerprint density at radius 2 is 2.05 bits per heavy atom. The Morgan fingerprint density at radius 3 is 2.50 bits per heavy atom. The van der Waals surface area contributed by atoms with E-state index in [2.05, 4.69) is 4.98 Å². The summed E-state index contributed by atoms with van der Waals surface area (Å²) in [6, 6.07) is 0. The van der Waals surface area contributed by atoms with E-state index in [0.29, 0.717) is 37.5 Å². The number of aromatic amines is 1. The molecule has 1 fully saturated rings. The zero-order chi connectivity index (χ0) is 14.9. The Labute approximate surface area is 118 Å². The van der Waals surface area contributed by atoms with Crippen molar-refractivity contribution in [1.29, 1.82) is 0 Å². The molecule has 20 heavy (non-hydrogen) atoms. The first-order valence-electron chi connectivity index (χ1n) is 6.85. The molecule has 1 aliphatic heterocycles. The Kier molecular flexibility index (Phi) is 3.99. The van der Waals surface area contributed by atoms with Crippen molar-refractivity contribution in [1.82, 2.24) is 4.98 Å². The van der Waals surface area contributed by atoms with Gasteiger partial charge in [-0.3, -0.25) is 4.79 Å². The van der Waals surface area contributed by atoms with Crippen molar-refractivity contribution < 1.29 is 19.1 Å². The number of aryl methyl sites for hydroxylation is 1. The zero-order valence-electron chi connectivity index (χ0n) is 12.5. The van der Waals surface area contributed by atoms with E-state index in [1.54, 1.807) is 6.92 Å². The van der Waals surface area contributed by atoms with Crippen molar-refractivity contribution in [3.05, 3.63) is 22.5 Å². The van der Waals surface area contributed by atoms with Crippen LogP contribution < -0.4 is 0 Å². The summed E-state index contributed by atoms with van der Waals surface area (Å²) in [6.45, 7) is 8.82. The molecule has 0 aliphatic carbocycles. The summed E-state index contributed by atoms with van der Waals surface area (Å²) < 4.78 is 10.5. The molecule has 1 aliphatic rings. The molecule has 0 saturated carbocycles. The third kappa shape index (κ3) is 2.63. The Morgan fingerprint density at radius 1 is 1.40 bits per heavy atom. The van der Waals surface area contributed by atoms with Crippen LogP contribution in [0.15, 0.2) is 0 Å². The van der Waals surface area contributed by atoms with Crippen molar-refractivity contribution in [3.63, 3.8) is 0 Å². The fourth-order valence-corrected chi connectivity index (χ4v) is 2.53. The van der Waals surface area contributed by atoms with Gasteiger partial charge in [-0.05, 0) is 25.8 Å². The van der Waals surface area contributed by atoms with E-state index in [9.17, 15) is 9.59 Å². The maximum atomic E-state index is 12.2. The lowest BCUT2D eigenvalue weighted by molar-refractivity contribution is -0.127. The average molecular weight is 279 g/mol. The van der Waals surface area contributed by atoms with Crippen molar-refractivity contribution in [2.45, 2.75) is 34.1 Å². The van der Waals surface area contributed by atoms with Crippen LogP contribution in [-0.4, -0.2) is 36.6 Å². The third-order valence-electron chi connectivity index (χ3n) is 3.65. The molecule has 110 valence electrons. The minimum atomic E-state index is -0.398. The lowest BCUT2D eigenvalue weighted by Gasteiger charge is -2.37. The van der Waals surface area contributed by atoms with Gasteiger partial charge in [0.2, 0.25) is 0 Å². The average Bonchev–Trinajstić information content (AvgIpc) is 2.70. The van der Waals surface area contributed by atoms with Gasteiger partial charge in [-0.25, -0.2) is 4.79 Å². The first-order valence-corrected chi connectivity index (χ1v) is 6.85. The van der Waals surface area contributed by atoms with Crippen LogP contribution in [0.25, 0.3) is 0 Å². The minimum absolute atomic E-state index is 0.0333. The van der Waals surface area contributed by atoms with Crippen molar-refractivity contribution >= 4 is 11.8 Å². The van der Waals surface area contributed by atoms with Gasteiger partial charge in [0.25, 0.3) is 0 Å². The predicted molar refractivity (Wildman–Crippen MR) is 74.1 cm³/mol. The van der Waals surface area contributed by atoms with E-state index in [0.717, 1.165) is 11.3 Å². The highest BCUT2D eigenvalue weighted by Gasteiger charge is 2.35. The van der Waals surface area contributed by atoms with Gasteiger partial charge in [-0.15, -0.1) is 0 Å². The van der Waals surface area contributed by atoms with E-state index < -0.39 is 5.97 Å². The molecule has 1 aromatic heterocycles. The van der Waals surface area contributed by atoms with Gasteiger partial charge in [0.15, 0.2) is 5.78 Å². The molecule has 1 saturated heterocycles. The van der Waals surface area contributed by atoms with Gasteiger partial charge in [0, 0.05) is 16.7 Å². The highest BCUT2D eigenvalue weighted by atomic mass is 16.5. The second kappa shape index (κ2) is 5.40. The van der Waals surface area contributed by atoms with Gasteiger partial charge in [0.1, 0.15) is 12.3 Å². The Bertz CT molecular complexity index is 540. The molecule has 0 bridgehead atoms. The standard InChI is InChI=1S/C15H21NO4/c1-5-11-12(10(3)17)9(2)16-13(11)14(18)20-8-15(4)6-19-7-15/h16H,5-8H2,1-4H3. The molecule has 2 heterocycles. The summed E-state index contributed by atoms with van der Waals surface area (Å²) in [4.78, 5) is 26.9. The second-order valence-electron chi connectivity index (χ2n) is 5.77. The number of aromatic nitrogens is 1. The molecular weight excluding hydrogens is 258 g/mol. The van der Waals surface area contributed by atoms with E-state index in [1.807, 2.05) is 13.8 Å². The molecule has 0 radical (unpaired) electrons. The lowest BCUT2D eigenvalue weighted by atomic mass is 9.90. The van der Waals surface area contributed by atoms with Crippen molar-refractivity contribution in [3.8, 4) is 0 Å². The molecule has 0 unspecified atom stereocenters. The second-order valence-corrected chi connectivity index (χ2v) is 5.77. The number of hydrogen-bond donors (Lipinski definition) is 1. The number of carbonyl (C=O) groups excluding carboxylic acids is 2. The van der Waals surface area contributed by atoms with Crippen LogP contribution in [-0.2, 0) is 15.9 Å². The van der Waals surface area contributed by atoms with E-state index in [1.165, 1.54) is 6.92 Å². The fourth-order valence-electron chi connectivity index (χ4n) is 2.53. The van der Waals surface area contributed by atoms with E-state index in [-0.39, 0.29) is 11.2 Å². The number of hydrogen-bond acceptors (Lipinski definition) is 4. The van der Waals surface area contributed by atoms with Crippen molar-refractivity contribution in [2.24, 2.45) is 5.41 Å². The largest absolute Gasteiger partial charge is 0.460 e. The number of Topliss-reactive ketones (excluding diaryl/α,β-unsaturated/α-hetero) is 1. The molecule has 1 aromatic rings. The van der Waals surface area contributed by atoms with Crippen LogP contribution in [0.2, 0.25) is 0 Å². The number of esters is 1. The molecule has 1 N–H and O–H groups in total. The number of ether oxygens (including phenoxy) is 2. The molecule has 0 amide bonds. The van der Waals surface area contributed by atoms with Crippen LogP contribution in [0.3, 0.4) is 0 Å². The van der Waals surface area contributed by atoms with Gasteiger partial charge in [0.05, 0.1) is 13.2 Å². The van der Waals surface area contributed by atoms with E-state index >= 15 is 0 Å². The highest BCUT2D eigenvalue weighted by molar-refractivity contribution is 6.01. The minimum Gasteiger partial charge on any atom is -0.460 e. The van der Waals surface area contributed by atoms with Gasteiger partial charge >= 0.3 is 5.97 Å². The topological polar surface area (TPSA) is 68.4 Å². The lowest BCUT2D eigenvalue weighted by Crippen LogP contribution is -2.44. The number of carbonyl (C=O) groups is 2. The Hall–Kier alpha value is -1.62. The van der Waals surface area contributed by atoms with Crippen LogP contribution in [0.5, 0.6) is 0 Å². The molecule has 0 atom stereocenters. The number of rotatable bonds is 5. The SMILES string of the molecule is CCc1c(C(=O)OCC2(C)COC2)[nH]c(C)c1C(C)=O. The maximum absolute atomic E-state index is 12.2. The van der Waals surface area contributed by atoms with Crippen LogP contribution in [0.1, 0.15) is 52.9 Å². The summed E-state index contributed by atoms with van der Waals surface area (Å²) in [5.74, 6) is -0.431. The number of nitrogens with one attached hydrogen (secondary N) is 1.